The Morgan fingerprint density at radius 1 is 1.36 bits per heavy atom. The van der Waals surface area contributed by atoms with E-state index in [4.69, 9.17) is 8.22 Å². The molecule has 1 aromatic carbocycles. The summed E-state index contributed by atoms with van der Waals surface area (Å²) in [5, 5.41) is 0. The lowest BCUT2D eigenvalue weighted by Gasteiger charge is -2.09. The molecule has 0 aromatic heterocycles. The first-order valence-corrected chi connectivity index (χ1v) is 4.73. The van der Waals surface area contributed by atoms with Crippen molar-refractivity contribution in [3.63, 3.8) is 0 Å². The molecular weight excluding hydrogens is 170 g/mol. The molecule has 1 aliphatic rings. The zero-order valence-electron chi connectivity index (χ0n) is 14.0. The second-order valence-corrected chi connectivity index (χ2v) is 3.58. The van der Waals surface area contributed by atoms with Crippen LogP contribution in [0, 0.1) is 0 Å². The third-order valence-electron chi connectivity index (χ3n) is 2.49. The standard InChI is InChI=1S/C13H17N/c1-14(2)8-7-11-9-12-5-3-4-6-13(12)10-11/h3-6,9H,7-8,10H2,1-2H3/i1D3,2D3. The van der Waals surface area contributed by atoms with Gasteiger partial charge in [-0.1, -0.05) is 35.9 Å². The van der Waals surface area contributed by atoms with Gasteiger partial charge in [0.15, 0.2) is 0 Å². The molecule has 2 rings (SSSR count). The Balaban J connectivity index is 2.03. The maximum atomic E-state index is 7.33. The Labute approximate surface area is 94.5 Å². The Morgan fingerprint density at radius 3 is 3.00 bits per heavy atom. The first-order chi connectivity index (χ1) is 9.18. The first kappa shape index (κ1) is 4.63. The van der Waals surface area contributed by atoms with Crippen molar-refractivity contribution in [1.82, 2.24) is 4.90 Å². The SMILES string of the molecule is [2H]C([2H])([2H])N(CCC1=Cc2ccccc2C1)C([2H])([2H])[2H]. The van der Waals surface area contributed by atoms with E-state index < -0.39 is 14.0 Å². The van der Waals surface area contributed by atoms with Crippen LogP contribution in [0.4, 0.5) is 0 Å². The summed E-state index contributed by atoms with van der Waals surface area (Å²) in [6.45, 7) is -5.19. The molecule has 1 aromatic rings. The number of rotatable bonds is 3. The number of fused-ring (bicyclic) bond motifs is 1. The second kappa shape index (κ2) is 3.97. The fraction of sp³-hybridized carbons (Fsp3) is 0.385. The van der Waals surface area contributed by atoms with Crippen molar-refractivity contribution < 1.29 is 8.22 Å². The van der Waals surface area contributed by atoms with Gasteiger partial charge in [-0.25, -0.2) is 0 Å². The average molecular weight is 193 g/mol. The summed E-state index contributed by atoms with van der Waals surface area (Å²) >= 11 is 0. The van der Waals surface area contributed by atoms with E-state index in [1.165, 1.54) is 5.56 Å². The summed E-state index contributed by atoms with van der Waals surface area (Å²) in [6.07, 6.45) is 3.24. The molecule has 0 saturated carbocycles. The molecule has 1 nitrogen and oxygen atoms in total. The van der Waals surface area contributed by atoms with E-state index in [0.29, 0.717) is 11.3 Å². The van der Waals surface area contributed by atoms with Gasteiger partial charge in [0.2, 0.25) is 0 Å². The molecule has 74 valence electrons. The molecule has 0 atom stereocenters. The van der Waals surface area contributed by atoms with Crippen LogP contribution < -0.4 is 0 Å². The lowest BCUT2D eigenvalue weighted by molar-refractivity contribution is 0.412. The van der Waals surface area contributed by atoms with Crippen molar-refractivity contribution in [3.8, 4) is 0 Å². The Hall–Kier alpha value is -1.08. The van der Waals surface area contributed by atoms with Crippen LogP contribution in [0.2, 0.25) is 0 Å². The number of hydrogen-bond acceptors (Lipinski definition) is 1. The largest absolute Gasteiger partial charge is 0.309 e. The van der Waals surface area contributed by atoms with Crippen molar-refractivity contribution >= 4 is 6.08 Å². The fourth-order valence-electron chi connectivity index (χ4n) is 1.77. The fourth-order valence-corrected chi connectivity index (χ4v) is 1.77. The third kappa shape index (κ3) is 2.05. The molecule has 1 aliphatic carbocycles. The van der Waals surface area contributed by atoms with Gasteiger partial charge in [0, 0.05) is 14.8 Å². The lowest BCUT2D eigenvalue weighted by Crippen LogP contribution is -2.13. The first-order valence-electron chi connectivity index (χ1n) is 7.73. The van der Waals surface area contributed by atoms with Gasteiger partial charge in [-0.3, -0.25) is 0 Å². The van der Waals surface area contributed by atoms with Gasteiger partial charge in [0.25, 0.3) is 0 Å². The highest BCUT2D eigenvalue weighted by Crippen LogP contribution is 2.26. The van der Waals surface area contributed by atoms with Crippen LogP contribution in [0.5, 0.6) is 0 Å². The molecule has 0 saturated heterocycles. The van der Waals surface area contributed by atoms with Gasteiger partial charge in [0.1, 0.15) is 0 Å². The van der Waals surface area contributed by atoms with Gasteiger partial charge in [0.05, 0.1) is 0 Å². The van der Waals surface area contributed by atoms with E-state index in [1.54, 1.807) is 0 Å². The van der Waals surface area contributed by atoms with Crippen LogP contribution in [0.1, 0.15) is 25.8 Å². The molecule has 0 fully saturated rings. The smallest absolute Gasteiger partial charge is 0.0394 e. The van der Waals surface area contributed by atoms with Crippen molar-refractivity contribution in [2.75, 3.05) is 20.5 Å². The molecule has 0 unspecified atom stereocenters. The van der Waals surface area contributed by atoms with Crippen LogP contribution in [-0.4, -0.2) is 25.4 Å². The molecule has 0 amide bonds. The van der Waals surface area contributed by atoms with E-state index in [1.807, 2.05) is 30.3 Å². The Kier molecular flexibility index (Phi) is 1.31. The molecule has 1 heteroatoms. The highest BCUT2D eigenvalue weighted by atomic mass is 15.0. The van der Waals surface area contributed by atoms with Crippen molar-refractivity contribution in [2.24, 2.45) is 0 Å². The monoisotopic (exact) mass is 193 g/mol. The van der Waals surface area contributed by atoms with E-state index in [-0.39, 0.29) is 6.54 Å². The molecule has 0 bridgehead atoms. The van der Waals surface area contributed by atoms with Gasteiger partial charge < -0.3 is 4.90 Å². The third-order valence-corrected chi connectivity index (χ3v) is 2.49. The summed E-state index contributed by atoms with van der Waals surface area (Å²) in [6, 6.07) is 7.96. The van der Waals surface area contributed by atoms with Gasteiger partial charge in [-0.05, 0) is 37.9 Å². The maximum Gasteiger partial charge on any atom is 0.0394 e. The highest BCUT2D eigenvalue weighted by molar-refractivity contribution is 5.63. The van der Waals surface area contributed by atoms with E-state index in [9.17, 15) is 0 Å². The minimum absolute atomic E-state index is 0.00677. The zero-order valence-corrected chi connectivity index (χ0v) is 7.96. The van der Waals surface area contributed by atoms with Crippen molar-refractivity contribution in [2.45, 2.75) is 12.8 Å². The van der Waals surface area contributed by atoms with E-state index >= 15 is 0 Å². The van der Waals surface area contributed by atoms with E-state index in [2.05, 4.69) is 0 Å². The van der Waals surface area contributed by atoms with Gasteiger partial charge in [-0.15, -0.1) is 0 Å². The maximum absolute atomic E-state index is 7.33. The Bertz CT molecular complexity index is 500. The van der Waals surface area contributed by atoms with E-state index in [0.717, 1.165) is 17.6 Å². The van der Waals surface area contributed by atoms with Crippen LogP contribution in [0.15, 0.2) is 29.8 Å². The van der Waals surface area contributed by atoms with Crippen LogP contribution >= 0.6 is 0 Å². The van der Waals surface area contributed by atoms with Crippen molar-refractivity contribution in [3.05, 3.63) is 41.0 Å². The molecule has 0 spiro atoms. The molecule has 14 heavy (non-hydrogen) atoms. The predicted octanol–water partition coefficient (Wildman–Crippen LogP) is 2.58. The molecule has 0 radical (unpaired) electrons. The zero-order chi connectivity index (χ0) is 15.0. The minimum Gasteiger partial charge on any atom is -0.309 e. The van der Waals surface area contributed by atoms with Gasteiger partial charge >= 0.3 is 0 Å². The summed E-state index contributed by atoms with van der Waals surface area (Å²) in [4.78, 5) is 0.615. The van der Waals surface area contributed by atoms with Crippen LogP contribution in [-0.2, 0) is 6.42 Å². The summed E-state index contributed by atoms with van der Waals surface area (Å²) in [5.74, 6) is 0. The topological polar surface area (TPSA) is 3.24 Å². The second-order valence-electron chi connectivity index (χ2n) is 3.58. The lowest BCUT2D eigenvalue weighted by atomic mass is 10.1. The van der Waals surface area contributed by atoms with Gasteiger partial charge in [-0.2, -0.15) is 0 Å². The van der Waals surface area contributed by atoms with Crippen LogP contribution in [0.25, 0.3) is 6.08 Å². The summed E-state index contributed by atoms with van der Waals surface area (Å²) in [7, 11) is 0. The quantitative estimate of drug-likeness (QED) is 0.713. The van der Waals surface area contributed by atoms with Crippen LogP contribution in [0.3, 0.4) is 0 Å². The number of benzene rings is 1. The minimum atomic E-state index is -2.60. The predicted molar refractivity (Wildman–Crippen MR) is 61.3 cm³/mol. The molecular formula is C13H17N. The molecule has 0 N–H and O–H groups in total. The highest BCUT2D eigenvalue weighted by Gasteiger charge is 2.11. The molecule has 0 aliphatic heterocycles. The summed E-state index contributed by atoms with van der Waals surface area (Å²) < 4.78 is 44.0. The Morgan fingerprint density at radius 2 is 2.21 bits per heavy atom. The number of nitrogens with zero attached hydrogens (tertiary/aromatic N) is 1. The normalized spacial score (nSPS) is 22.5. The average Bonchev–Trinajstić information content (AvgIpc) is 2.67. The number of hydrogen-bond donors (Lipinski definition) is 0. The summed E-state index contributed by atoms with van der Waals surface area (Å²) in [5.41, 5.74) is 3.42. The molecule has 0 heterocycles. The van der Waals surface area contributed by atoms with Crippen molar-refractivity contribution in [1.29, 1.82) is 0 Å².